The molecule has 0 unspecified atom stereocenters. The molecule has 0 heterocycles. The summed E-state index contributed by atoms with van der Waals surface area (Å²) < 4.78 is 4.70. The van der Waals surface area contributed by atoms with Crippen molar-refractivity contribution in [2.75, 3.05) is 0 Å². The lowest BCUT2D eigenvalue weighted by Crippen LogP contribution is -1.89. The van der Waals surface area contributed by atoms with Crippen LogP contribution in [-0.4, -0.2) is 5.97 Å². The van der Waals surface area contributed by atoms with Crippen LogP contribution in [0.15, 0.2) is 24.5 Å². The van der Waals surface area contributed by atoms with Crippen LogP contribution < -0.4 is 0 Å². The van der Waals surface area contributed by atoms with E-state index in [1.807, 2.05) is 6.08 Å². The Hall–Kier alpha value is -1.05. The van der Waals surface area contributed by atoms with Crippen LogP contribution >= 0.6 is 0 Å². The first-order valence-corrected chi connectivity index (χ1v) is 7.24. The van der Waals surface area contributed by atoms with Gasteiger partial charge in [-0.3, -0.25) is 4.79 Å². The maximum absolute atomic E-state index is 10.5. The number of unbranched alkanes of at least 4 members (excludes halogenated alkanes) is 7. The highest BCUT2D eigenvalue weighted by molar-refractivity contribution is 5.66. The largest absolute Gasteiger partial charge is 0.435 e. The molecule has 0 amide bonds. The molecule has 0 aromatic rings. The maximum Gasteiger partial charge on any atom is 0.307 e. The van der Waals surface area contributed by atoms with Gasteiger partial charge in [-0.1, -0.05) is 38.3 Å². The average molecular weight is 252 g/mol. The lowest BCUT2D eigenvalue weighted by molar-refractivity contribution is -0.135. The second-order valence-corrected chi connectivity index (χ2v) is 4.59. The second-order valence-electron chi connectivity index (χ2n) is 4.59. The van der Waals surface area contributed by atoms with Crippen molar-refractivity contribution in [3.05, 3.63) is 24.5 Å². The summed E-state index contributed by atoms with van der Waals surface area (Å²) >= 11 is 0. The Morgan fingerprint density at radius 2 is 1.44 bits per heavy atom. The zero-order valence-corrected chi connectivity index (χ0v) is 12.0. The van der Waals surface area contributed by atoms with Crippen molar-refractivity contribution in [1.82, 2.24) is 0 Å². The lowest BCUT2D eigenvalue weighted by atomic mass is 10.1. The molecule has 0 saturated heterocycles. The zero-order valence-electron chi connectivity index (χ0n) is 12.0. The lowest BCUT2D eigenvalue weighted by Gasteiger charge is -1.96. The van der Waals surface area contributed by atoms with Gasteiger partial charge >= 0.3 is 5.97 Å². The number of esters is 1. The number of ether oxygens (including phenoxy) is 1. The van der Waals surface area contributed by atoms with Gasteiger partial charge in [0.05, 0.1) is 6.26 Å². The molecule has 0 radical (unpaired) electrons. The molecule has 2 nitrogen and oxygen atoms in total. The van der Waals surface area contributed by atoms with Crippen LogP contribution in [0.4, 0.5) is 0 Å². The third-order valence-corrected chi connectivity index (χ3v) is 2.71. The van der Waals surface area contributed by atoms with Gasteiger partial charge in [-0.25, -0.2) is 0 Å². The van der Waals surface area contributed by atoms with Crippen LogP contribution in [0.5, 0.6) is 0 Å². The SMILES string of the molecule is CCCCC/C=C\CCCCC/C=C/OC(C)=O. The Balaban J connectivity index is 3.15. The van der Waals surface area contributed by atoms with Gasteiger partial charge in [-0.15, -0.1) is 0 Å². The van der Waals surface area contributed by atoms with E-state index < -0.39 is 0 Å². The summed E-state index contributed by atoms with van der Waals surface area (Å²) in [6.07, 6.45) is 19.1. The van der Waals surface area contributed by atoms with E-state index in [1.54, 1.807) is 0 Å². The number of hydrogen-bond donors (Lipinski definition) is 0. The molecule has 0 bridgehead atoms. The van der Waals surface area contributed by atoms with Gasteiger partial charge in [0.1, 0.15) is 0 Å². The van der Waals surface area contributed by atoms with Crippen LogP contribution in [0, 0.1) is 0 Å². The fourth-order valence-corrected chi connectivity index (χ4v) is 1.66. The van der Waals surface area contributed by atoms with E-state index in [1.165, 1.54) is 64.6 Å². The molecule has 0 atom stereocenters. The number of rotatable bonds is 11. The minimum atomic E-state index is -0.250. The van der Waals surface area contributed by atoms with Crippen LogP contribution in [0.1, 0.15) is 71.6 Å². The molecule has 0 saturated carbocycles. The van der Waals surface area contributed by atoms with Gasteiger partial charge in [0.2, 0.25) is 0 Å². The summed E-state index contributed by atoms with van der Waals surface area (Å²) in [7, 11) is 0. The van der Waals surface area contributed by atoms with Crippen LogP contribution in [0.2, 0.25) is 0 Å². The van der Waals surface area contributed by atoms with Crippen molar-refractivity contribution >= 4 is 5.97 Å². The smallest absolute Gasteiger partial charge is 0.307 e. The number of allylic oxidation sites excluding steroid dienone is 3. The predicted molar refractivity (Wildman–Crippen MR) is 77.3 cm³/mol. The zero-order chi connectivity index (χ0) is 13.5. The van der Waals surface area contributed by atoms with Crippen molar-refractivity contribution in [3.8, 4) is 0 Å². The third kappa shape index (κ3) is 14.9. The normalized spacial score (nSPS) is 11.4. The van der Waals surface area contributed by atoms with Gasteiger partial charge in [0, 0.05) is 6.92 Å². The molecule has 0 aliphatic carbocycles. The van der Waals surface area contributed by atoms with E-state index in [0.29, 0.717) is 0 Å². The molecule has 0 aromatic heterocycles. The standard InChI is InChI=1S/C16H28O2/c1-3-4-5-6-7-8-9-10-11-12-13-14-15-18-16(2)17/h7-8,14-15H,3-6,9-13H2,1-2H3/b8-7-,15-14+. The van der Waals surface area contributed by atoms with Crippen LogP contribution in [0.3, 0.4) is 0 Å². The van der Waals surface area contributed by atoms with E-state index >= 15 is 0 Å². The molecular formula is C16H28O2. The Labute approximate surface area is 112 Å². The second kappa shape index (κ2) is 14.0. The van der Waals surface area contributed by atoms with Crippen LogP contribution in [-0.2, 0) is 9.53 Å². The number of hydrogen-bond acceptors (Lipinski definition) is 2. The van der Waals surface area contributed by atoms with Gasteiger partial charge < -0.3 is 4.74 Å². The van der Waals surface area contributed by atoms with Gasteiger partial charge in [-0.05, 0) is 44.6 Å². The van der Waals surface area contributed by atoms with Gasteiger partial charge in [0.25, 0.3) is 0 Å². The first kappa shape index (κ1) is 16.9. The predicted octanol–water partition coefficient (Wildman–Crippen LogP) is 5.15. The molecule has 0 fully saturated rings. The van der Waals surface area contributed by atoms with E-state index in [4.69, 9.17) is 4.74 Å². The molecule has 18 heavy (non-hydrogen) atoms. The molecule has 0 aromatic carbocycles. The van der Waals surface area contributed by atoms with Crippen molar-refractivity contribution in [1.29, 1.82) is 0 Å². The summed E-state index contributed by atoms with van der Waals surface area (Å²) in [4.78, 5) is 10.5. The van der Waals surface area contributed by atoms with E-state index in [9.17, 15) is 4.79 Å². The fourth-order valence-electron chi connectivity index (χ4n) is 1.66. The summed E-state index contributed by atoms with van der Waals surface area (Å²) in [6, 6.07) is 0. The minimum absolute atomic E-state index is 0.250. The number of carbonyl (C=O) groups is 1. The minimum Gasteiger partial charge on any atom is -0.435 e. The maximum atomic E-state index is 10.5. The summed E-state index contributed by atoms with van der Waals surface area (Å²) in [5.41, 5.74) is 0. The van der Waals surface area contributed by atoms with Crippen molar-refractivity contribution in [2.45, 2.75) is 71.6 Å². The van der Waals surface area contributed by atoms with Crippen molar-refractivity contribution in [2.24, 2.45) is 0 Å². The first-order valence-electron chi connectivity index (χ1n) is 7.24. The summed E-state index contributed by atoms with van der Waals surface area (Å²) in [5.74, 6) is -0.250. The molecule has 0 spiro atoms. The molecule has 0 rings (SSSR count). The highest BCUT2D eigenvalue weighted by atomic mass is 16.5. The molecule has 0 aliphatic heterocycles. The number of carbonyl (C=O) groups excluding carboxylic acids is 1. The average Bonchev–Trinajstić information content (AvgIpc) is 2.34. The fraction of sp³-hybridized carbons (Fsp3) is 0.688. The molecule has 0 aliphatic rings. The molecular weight excluding hydrogens is 224 g/mol. The highest BCUT2D eigenvalue weighted by Gasteiger charge is 1.88. The third-order valence-electron chi connectivity index (χ3n) is 2.71. The highest BCUT2D eigenvalue weighted by Crippen LogP contribution is 2.06. The Morgan fingerprint density at radius 3 is 2.00 bits per heavy atom. The Kier molecular flexibility index (Phi) is 13.2. The van der Waals surface area contributed by atoms with Crippen LogP contribution in [0.25, 0.3) is 0 Å². The monoisotopic (exact) mass is 252 g/mol. The summed E-state index contributed by atoms with van der Waals surface area (Å²) in [6.45, 7) is 3.65. The van der Waals surface area contributed by atoms with Gasteiger partial charge in [0.15, 0.2) is 0 Å². The molecule has 104 valence electrons. The molecule has 0 N–H and O–H groups in total. The van der Waals surface area contributed by atoms with E-state index in [0.717, 1.165) is 6.42 Å². The quantitative estimate of drug-likeness (QED) is 0.220. The Bertz CT molecular complexity index is 241. The molecule has 2 heteroatoms. The van der Waals surface area contributed by atoms with E-state index in [2.05, 4.69) is 19.1 Å². The van der Waals surface area contributed by atoms with Gasteiger partial charge in [-0.2, -0.15) is 0 Å². The van der Waals surface area contributed by atoms with E-state index in [-0.39, 0.29) is 5.97 Å². The van der Waals surface area contributed by atoms with Crippen molar-refractivity contribution < 1.29 is 9.53 Å². The first-order chi connectivity index (χ1) is 8.77. The topological polar surface area (TPSA) is 26.3 Å². The summed E-state index contributed by atoms with van der Waals surface area (Å²) in [5, 5.41) is 0. The van der Waals surface area contributed by atoms with Crippen molar-refractivity contribution in [3.63, 3.8) is 0 Å². The Morgan fingerprint density at radius 1 is 0.889 bits per heavy atom.